The molecule has 0 spiro atoms. The minimum Gasteiger partial charge on any atom is -0.497 e. The Kier molecular flexibility index (Phi) is 8.35. The first kappa shape index (κ1) is 25.3. The van der Waals surface area contributed by atoms with Crippen molar-refractivity contribution < 1.29 is 32.2 Å². The maximum Gasteiger partial charge on any atom is 0.253 e. The Labute approximate surface area is 199 Å². The maximum absolute atomic E-state index is 12.9. The Morgan fingerprint density at radius 1 is 1.15 bits per heavy atom. The normalized spacial score (nSPS) is 15.4. The predicted molar refractivity (Wildman–Crippen MR) is 128 cm³/mol. The molecule has 10 nitrogen and oxygen atoms in total. The van der Waals surface area contributed by atoms with Crippen LogP contribution in [-0.4, -0.2) is 66.5 Å². The molecule has 0 bridgehead atoms. The van der Waals surface area contributed by atoms with Gasteiger partial charge in [-0.1, -0.05) is 12.1 Å². The second-order valence-electron chi connectivity index (χ2n) is 7.75. The van der Waals surface area contributed by atoms with Crippen molar-refractivity contribution in [1.82, 2.24) is 5.32 Å². The average molecular weight is 492 g/mol. The molecule has 1 saturated heterocycles. The van der Waals surface area contributed by atoms with Gasteiger partial charge in [-0.15, -0.1) is 0 Å². The molecule has 0 radical (unpaired) electrons. The van der Waals surface area contributed by atoms with E-state index in [9.17, 15) is 18.0 Å². The van der Waals surface area contributed by atoms with Gasteiger partial charge < -0.3 is 24.8 Å². The van der Waals surface area contributed by atoms with Crippen LogP contribution in [0, 0.1) is 0 Å². The standard InChI is InChI=1S/C23H29N3O7S/c1-31-16-10-11-20(21(13-16)32-2)26(34(3,29)30)15-22(27)25-19-9-5-4-8-18(19)23(28)24-14-17-7-6-12-33-17/h4-5,8-11,13,17H,6-7,12,14-15H2,1-3H3,(H,24,28)(H,25,27)/t17-/m1/s1. The molecule has 2 aromatic carbocycles. The van der Waals surface area contributed by atoms with Crippen molar-refractivity contribution in [3.05, 3.63) is 48.0 Å². The van der Waals surface area contributed by atoms with Crippen molar-refractivity contribution in [2.45, 2.75) is 18.9 Å². The minimum atomic E-state index is -3.84. The number of nitrogens with one attached hydrogen (secondary N) is 2. The number of hydrogen-bond donors (Lipinski definition) is 2. The third-order valence-corrected chi connectivity index (χ3v) is 6.43. The second-order valence-corrected chi connectivity index (χ2v) is 9.65. The average Bonchev–Trinajstić information content (AvgIpc) is 3.34. The lowest BCUT2D eigenvalue weighted by atomic mass is 10.1. The van der Waals surface area contributed by atoms with E-state index < -0.39 is 22.5 Å². The van der Waals surface area contributed by atoms with Gasteiger partial charge in [-0.25, -0.2) is 8.42 Å². The number of anilines is 2. The molecule has 0 aliphatic carbocycles. The Balaban J connectivity index is 1.76. The van der Waals surface area contributed by atoms with Crippen LogP contribution < -0.4 is 24.4 Å². The number of sulfonamides is 1. The number of ether oxygens (including phenoxy) is 3. The highest BCUT2D eigenvalue weighted by Crippen LogP contribution is 2.33. The summed E-state index contributed by atoms with van der Waals surface area (Å²) < 4.78 is 41.9. The first-order chi connectivity index (χ1) is 16.2. The smallest absolute Gasteiger partial charge is 0.253 e. The minimum absolute atomic E-state index is 0.0199. The van der Waals surface area contributed by atoms with E-state index in [1.165, 1.54) is 26.4 Å². The fourth-order valence-electron chi connectivity index (χ4n) is 3.59. The summed E-state index contributed by atoms with van der Waals surface area (Å²) in [6, 6.07) is 11.1. The van der Waals surface area contributed by atoms with Gasteiger partial charge in [-0.2, -0.15) is 0 Å². The molecule has 1 aliphatic rings. The van der Waals surface area contributed by atoms with Gasteiger partial charge in [0.05, 0.1) is 43.5 Å². The van der Waals surface area contributed by atoms with Crippen LogP contribution in [-0.2, 0) is 19.6 Å². The SMILES string of the molecule is COc1ccc(N(CC(=O)Nc2ccccc2C(=O)NC[C@H]2CCCO2)S(C)(=O)=O)c(OC)c1. The number of carbonyl (C=O) groups excluding carboxylic acids is 2. The number of hydrogen-bond acceptors (Lipinski definition) is 7. The van der Waals surface area contributed by atoms with Gasteiger partial charge in [0, 0.05) is 19.2 Å². The van der Waals surface area contributed by atoms with Crippen molar-refractivity contribution in [3.63, 3.8) is 0 Å². The predicted octanol–water partition coefficient (Wildman–Crippen LogP) is 2.02. The molecule has 184 valence electrons. The number of methoxy groups -OCH3 is 2. The van der Waals surface area contributed by atoms with E-state index in [4.69, 9.17) is 14.2 Å². The zero-order valence-corrected chi connectivity index (χ0v) is 20.2. The fraction of sp³-hybridized carbons (Fsp3) is 0.391. The molecule has 34 heavy (non-hydrogen) atoms. The summed E-state index contributed by atoms with van der Waals surface area (Å²) in [7, 11) is -0.974. The van der Waals surface area contributed by atoms with Crippen LogP contribution in [0.1, 0.15) is 23.2 Å². The van der Waals surface area contributed by atoms with Crippen LogP contribution in [0.2, 0.25) is 0 Å². The number of nitrogens with zero attached hydrogens (tertiary/aromatic N) is 1. The van der Waals surface area contributed by atoms with Gasteiger partial charge in [0.25, 0.3) is 5.91 Å². The second kappa shape index (κ2) is 11.2. The number of rotatable bonds is 10. The van der Waals surface area contributed by atoms with Crippen LogP contribution in [0.25, 0.3) is 0 Å². The first-order valence-corrected chi connectivity index (χ1v) is 12.6. The van der Waals surface area contributed by atoms with Gasteiger partial charge in [0.1, 0.15) is 18.0 Å². The maximum atomic E-state index is 12.9. The zero-order valence-electron chi connectivity index (χ0n) is 19.4. The molecule has 2 N–H and O–H groups in total. The summed E-state index contributed by atoms with van der Waals surface area (Å²) in [5.74, 6) is -0.279. The summed E-state index contributed by atoms with van der Waals surface area (Å²) in [5.41, 5.74) is 0.720. The van der Waals surface area contributed by atoms with Crippen molar-refractivity contribution in [3.8, 4) is 11.5 Å². The zero-order chi connectivity index (χ0) is 24.7. The number of carbonyl (C=O) groups is 2. The van der Waals surface area contributed by atoms with Crippen molar-refractivity contribution in [2.24, 2.45) is 0 Å². The molecule has 3 rings (SSSR count). The third kappa shape index (κ3) is 6.39. The van der Waals surface area contributed by atoms with E-state index in [-0.39, 0.29) is 34.7 Å². The highest BCUT2D eigenvalue weighted by Gasteiger charge is 2.25. The van der Waals surface area contributed by atoms with Crippen LogP contribution in [0.4, 0.5) is 11.4 Å². The Morgan fingerprint density at radius 3 is 2.56 bits per heavy atom. The Morgan fingerprint density at radius 2 is 1.91 bits per heavy atom. The molecule has 1 atom stereocenters. The fourth-order valence-corrected chi connectivity index (χ4v) is 4.45. The highest BCUT2D eigenvalue weighted by molar-refractivity contribution is 7.92. The molecule has 1 heterocycles. The molecule has 2 aromatic rings. The lowest BCUT2D eigenvalue weighted by molar-refractivity contribution is -0.114. The first-order valence-electron chi connectivity index (χ1n) is 10.7. The summed E-state index contributed by atoms with van der Waals surface area (Å²) in [5, 5.41) is 5.47. The summed E-state index contributed by atoms with van der Waals surface area (Å²) >= 11 is 0. The summed E-state index contributed by atoms with van der Waals surface area (Å²) in [6.45, 7) is 0.538. The summed E-state index contributed by atoms with van der Waals surface area (Å²) in [4.78, 5) is 25.6. The van der Waals surface area contributed by atoms with Gasteiger partial charge in [0.15, 0.2) is 0 Å². The number of amides is 2. The largest absolute Gasteiger partial charge is 0.497 e. The molecular formula is C23H29N3O7S. The Bertz CT molecular complexity index is 1130. The highest BCUT2D eigenvalue weighted by atomic mass is 32.2. The van der Waals surface area contributed by atoms with E-state index >= 15 is 0 Å². The molecule has 11 heteroatoms. The monoisotopic (exact) mass is 491 g/mol. The van der Waals surface area contributed by atoms with Gasteiger partial charge in [-0.05, 0) is 37.1 Å². The molecule has 2 amide bonds. The lowest BCUT2D eigenvalue weighted by Gasteiger charge is -2.24. The molecular weight excluding hydrogens is 462 g/mol. The summed E-state index contributed by atoms with van der Waals surface area (Å²) in [6.07, 6.45) is 2.82. The van der Waals surface area contributed by atoms with Gasteiger partial charge in [0.2, 0.25) is 15.9 Å². The van der Waals surface area contributed by atoms with E-state index in [0.29, 0.717) is 18.9 Å². The van der Waals surface area contributed by atoms with Crippen LogP contribution in [0.5, 0.6) is 11.5 Å². The molecule has 0 aromatic heterocycles. The van der Waals surface area contributed by atoms with Crippen LogP contribution in [0.15, 0.2) is 42.5 Å². The topological polar surface area (TPSA) is 123 Å². The molecule has 0 saturated carbocycles. The quantitative estimate of drug-likeness (QED) is 0.521. The number of benzene rings is 2. The number of para-hydroxylation sites is 1. The van der Waals surface area contributed by atoms with Crippen molar-refractivity contribution in [2.75, 3.05) is 49.8 Å². The molecule has 1 fully saturated rings. The van der Waals surface area contributed by atoms with E-state index in [0.717, 1.165) is 23.4 Å². The molecule has 1 aliphatic heterocycles. The van der Waals surface area contributed by atoms with E-state index in [2.05, 4.69) is 10.6 Å². The lowest BCUT2D eigenvalue weighted by Crippen LogP contribution is -2.38. The van der Waals surface area contributed by atoms with Crippen LogP contribution >= 0.6 is 0 Å². The van der Waals surface area contributed by atoms with E-state index in [1.54, 1.807) is 30.3 Å². The van der Waals surface area contributed by atoms with Crippen LogP contribution in [0.3, 0.4) is 0 Å². The van der Waals surface area contributed by atoms with Crippen molar-refractivity contribution in [1.29, 1.82) is 0 Å². The van der Waals surface area contributed by atoms with Crippen molar-refractivity contribution >= 4 is 33.2 Å². The molecule has 0 unspecified atom stereocenters. The van der Waals surface area contributed by atoms with Gasteiger partial charge in [-0.3, -0.25) is 13.9 Å². The van der Waals surface area contributed by atoms with Gasteiger partial charge >= 0.3 is 0 Å². The third-order valence-electron chi connectivity index (χ3n) is 5.30. The van der Waals surface area contributed by atoms with E-state index in [1.807, 2.05) is 0 Å². The Hall–Kier alpha value is -3.31.